The molecule has 0 bridgehead atoms. The van der Waals surface area contributed by atoms with Gasteiger partial charge in [0.25, 0.3) is 0 Å². The van der Waals surface area contributed by atoms with Crippen LogP contribution in [-0.4, -0.2) is 9.97 Å². The lowest BCUT2D eigenvalue weighted by Gasteiger charge is -2.14. The molecule has 4 aromatic rings. The first-order valence-electron chi connectivity index (χ1n) is 10.2. The molecule has 0 N–H and O–H groups in total. The molecule has 0 saturated carbocycles. The van der Waals surface area contributed by atoms with Gasteiger partial charge in [0.2, 0.25) is 0 Å². The Morgan fingerprint density at radius 1 is 0.800 bits per heavy atom. The van der Waals surface area contributed by atoms with Crippen LogP contribution in [0.5, 0.6) is 0 Å². The zero-order valence-corrected chi connectivity index (χ0v) is 18.0. The second-order valence-electron chi connectivity index (χ2n) is 7.77. The normalized spacial score (nSPS) is 12.2. The lowest BCUT2D eigenvalue weighted by atomic mass is 9.94. The van der Waals surface area contributed by atoms with Gasteiger partial charge in [-0.05, 0) is 67.7 Å². The van der Waals surface area contributed by atoms with Gasteiger partial charge in [0, 0.05) is 22.2 Å². The van der Waals surface area contributed by atoms with Crippen LogP contribution < -0.4 is 0 Å². The lowest BCUT2D eigenvalue weighted by Crippen LogP contribution is -1.96. The monoisotopic (exact) mass is 390 g/mol. The van der Waals surface area contributed by atoms with E-state index in [2.05, 4.69) is 82.0 Å². The second-order valence-corrected chi connectivity index (χ2v) is 7.77. The van der Waals surface area contributed by atoms with Crippen molar-refractivity contribution in [3.8, 4) is 11.1 Å². The molecule has 4 rings (SSSR count). The van der Waals surface area contributed by atoms with Gasteiger partial charge in [-0.3, -0.25) is 9.97 Å². The van der Waals surface area contributed by atoms with Crippen LogP contribution in [0.25, 0.3) is 38.5 Å². The van der Waals surface area contributed by atoms with E-state index in [0.717, 1.165) is 33.2 Å². The van der Waals surface area contributed by atoms with Crippen LogP contribution in [0.3, 0.4) is 0 Å². The molecule has 0 radical (unpaired) electrons. The molecule has 30 heavy (non-hydrogen) atoms. The standard InChI is InChI=1S/C28H26N2/c1-6-7-8-11-19(3)25-16-20(4)29-27-23(25)14-15-24-26(17-21(5)30-28(24)27)22-13-10-9-12-18(22)2/h6-17H,1H2,2-5H3/b8-7-,19-11+. The van der Waals surface area contributed by atoms with Gasteiger partial charge in [-0.25, -0.2) is 0 Å². The molecule has 0 saturated heterocycles. The Hall–Kier alpha value is -3.52. The van der Waals surface area contributed by atoms with E-state index in [1.807, 2.05) is 19.1 Å². The number of allylic oxidation sites excluding steroid dienone is 5. The largest absolute Gasteiger partial charge is 0.251 e. The maximum atomic E-state index is 4.93. The SMILES string of the molecule is C=C/C=C\C=C(/C)c1cc(C)nc2c1ccc1c(-c3ccccc3C)cc(C)nc12. The predicted octanol–water partition coefficient (Wildman–Crippen LogP) is 7.52. The Labute approximate surface area is 178 Å². The average Bonchev–Trinajstić information content (AvgIpc) is 2.73. The Kier molecular flexibility index (Phi) is 5.33. The van der Waals surface area contributed by atoms with E-state index in [4.69, 9.17) is 9.97 Å². The third-order valence-electron chi connectivity index (χ3n) is 5.47. The van der Waals surface area contributed by atoms with Gasteiger partial charge in [0.15, 0.2) is 0 Å². The molecule has 148 valence electrons. The van der Waals surface area contributed by atoms with Gasteiger partial charge in [0.05, 0.1) is 11.0 Å². The van der Waals surface area contributed by atoms with E-state index in [9.17, 15) is 0 Å². The summed E-state index contributed by atoms with van der Waals surface area (Å²) in [7, 11) is 0. The molecule has 0 fully saturated rings. The molecule has 2 heteroatoms. The van der Waals surface area contributed by atoms with E-state index in [1.165, 1.54) is 27.8 Å². The van der Waals surface area contributed by atoms with Crippen molar-refractivity contribution in [2.24, 2.45) is 0 Å². The highest BCUT2D eigenvalue weighted by Crippen LogP contribution is 2.35. The third-order valence-corrected chi connectivity index (χ3v) is 5.47. The molecule has 0 spiro atoms. The molecule has 2 aromatic carbocycles. The highest BCUT2D eigenvalue weighted by Gasteiger charge is 2.14. The molecule has 0 amide bonds. The van der Waals surface area contributed by atoms with E-state index in [1.54, 1.807) is 6.08 Å². The smallest absolute Gasteiger partial charge is 0.0974 e. The topological polar surface area (TPSA) is 25.8 Å². The summed E-state index contributed by atoms with van der Waals surface area (Å²) in [6, 6.07) is 17.2. The van der Waals surface area contributed by atoms with Crippen LogP contribution in [0, 0.1) is 20.8 Å². The fourth-order valence-corrected chi connectivity index (χ4v) is 4.02. The summed E-state index contributed by atoms with van der Waals surface area (Å²) in [5.74, 6) is 0. The van der Waals surface area contributed by atoms with E-state index in [0.29, 0.717) is 0 Å². The van der Waals surface area contributed by atoms with Crippen molar-refractivity contribution in [3.63, 3.8) is 0 Å². The molecule has 2 heterocycles. The zero-order chi connectivity index (χ0) is 21.3. The molecule has 2 aromatic heterocycles. The molecule has 0 aliphatic rings. The quantitative estimate of drug-likeness (QED) is 0.266. The fourth-order valence-electron chi connectivity index (χ4n) is 4.02. The van der Waals surface area contributed by atoms with Crippen molar-refractivity contribution < 1.29 is 0 Å². The van der Waals surface area contributed by atoms with Crippen LogP contribution in [0.2, 0.25) is 0 Å². The van der Waals surface area contributed by atoms with Gasteiger partial charge in [-0.1, -0.05) is 67.3 Å². The van der Waals surface area contributed by atoms with Crippen molar-refractivity contribution in [2.45, 2.75) is 27.7 Å². The Morgan fingerprint density at radius 2 is 1.47 bits per heavy atom. The summed E-state index contributed by atoms with van der Waals surface area (Å²) in [6.45, 7) is 12.1. The van der Waals surface area contributed by atoms with Crippen LogP contribution in [0.15, 0.2) is 79.4 Å². The number of hydrogen-bond acceptors (Lipinski definition) is 2. The first-order valence-corrected chi connectivity index (χ1v) is 10.2. The van der Waals surface area contributed by atoms with Crippen LogP contribution in [0.4, 0.5) is 0 Å². The average molecular weight is 391 g/mol. The third kappa shape index (κ3) is 3.57. The summed E-state index contributed by atoms with van der Waals surface area (Å²) < 4.78 is 0. The number of rotatable bonds is 4. The minimum Gasteiger partial charge on any atom is -0.251 e. The second kappa shape index (κ2) is 8.08. The van der Waals surface area contributed by atoms with Crippen LogP contribution in [0.1, 0.15) is 29.4 Å². The van der Waals surface area contributed by atoms with Crippen LogP contribution in [-0.2, 0) is 0 Å². The summed E-state index contributed by atoms with van der Waals surface area (Å²) >= 11 is 0. The van der Waals surface area contributed by atoms with E-state index >= 15 is 0 Å². The van der Waals surface area contributed by atoms with Crippen molar-refractivity contribution in [1.82, 2.24) is 9.97 Å². The maximum Gasteiger partial charge on any atom is 0.0974 e. The van der Waals surface area contributed by atoms with Crippen molar-refractivity contribution in [1.29, 1.82) is 0 Å². The van der Waals surface area contributed by atoms with Crippen molar-refractivity contribution in [3.05, 3.63) is 102 Å². The Balaban J connectivity index is 2.06. The minimum atomic E-state index is 0.960. The van der Waals surface area contributed by atoms with Gasteiger partial charge in [-0.2, -0.15) is 0 Å². The van der Waals surface area contributed by atoms with Gasteiger partial charge < -0.3 is 0 Å². The van der Waals surface area contributed by atoms with Gasteiger partial charge in [-0.15, -0.1) is 0 Å². The van der Waals surface area contributed by atoms with E-state index < -0.39 is 0 Å². The summed E-state index contributed by atoms with van der Waals surface area (Å²) in [4.78, 5) is 9.85. The number of pyridine rings is 2. The molecule has 0 atom stereocenters. The first kappa shape index (κ1) is 19.8. The van der Waals surface area contributed by atoms with Gasteiger partial charge >= 0.3 is 0 Å². The number of benzene rings is 2. The fraction of sp³-hybridized carbons (Fsp3) is 0.143. The molecule has 0 aliphatic heterocycles. The maximum absolute atomic E-state index is 4.93. The number of aryl methyl sites for hydroxylation is 3. The highest BCUT2D eigenvalue weighted by molar-refractivity contribution is 6.11. The van der Waals surface area contributed by atoms with Crippen LogP contribution >= 0.6 is 0 Å². The molecule has 0 aliphatic carbocycles. The summed E-state index contributed by atoms with van der Waals surface area (Å²) in [6.07, 6.45) is 7.85. The number of fused-ring (bicyclic) bond motifs is 3. The lowest BCUT2D eigenvalue weighted by molar-refractivity contribution is 1.22. The molecular weight excluding hydrogens is 364 g/mol. The zero-order valence-electron chi connectivity index (χ0n) is 18.0. The summed E-state index contributed by atoms with van der Waals surface area (Å²) in [5, 5.41) is 2.27. The molecule has 0 unspecified atom stereocenters. The number of aromatic nitrogens is 2. The van der Waals surface area contributed by atoms with Gasteiger partial charge in [0.1, 0.15) is 0 Å². The number of hydrogen-bond donors (Lipinski definition) is 0. The predicted molar refractivity (Wildman–Crippen MR) is 130 cm³/mol. The summed E-state index contributed by atoms with van der Waals surface area (Å²) in [5.41, 5.74) is 10.0. The molecular formula is C28H26N2. The van der Waals surface area contributed by atoms with E-state index in [-0.39, 0.29) is 0 Å². The number of nitrogens with zero attached hydrogens (tertiary/aromatic N) is 2. The first-order chi connectivity index (χ1) is 14.5. The molecule has 2 nitrogen and oxygen atoms in total. The Bertz CT molecular complexity index is 1340. The minimum absolute atomic E-state index is 0.960. The highest BCUT2D eigenvalue weighted by atomic mass is 14.8. The Morgan fingerprint density at radius 3 is 2.20 bits per heavy atom. The van der Waals surface area contributed by atoms with Crippen molar-refractivity contribution >= 4 is 27.4 Å². The van der Waals surface area contributed by atoms with Crippen molar-refractivity contribution in [2.75, 3.05) is 0 Å².